The van der Waals surface area contributed by atoms with Crippen LogP contribution in [0, 0.1) is 0 Å². The minimum atomic E-state index is 0.535. The third-order valence-electron chi connectivity index (χ3n) is 2.73. The summed E-state index contributed by atoms with van der Waals surface area (Å²) in [6, 6.07) is 13.9. The fourth-order valence-electron chi connectivity index (χ4n) is 1.82. The number of benzene rings is 1. The molecule has 0 atom stereocenters. The number of rotatable bonds is 1. The quantitative estimate of drug-likeness (QED) is 0.687. The maximum atomic E-state index is 5.57. The Kier molecular flexibility index (Phi) is 2.22. The summed E-state index contributed by atoms with van der Waals surface area (Å²) >= 11 is 0. The Balaban J connectivity index is 2.14. The van der Waals surface area contributed by atoms with Gasteiger partial charge < -0.3 is 5.73 Å². The molecule has 0 unspecified atom stereocenters. The number of aromatic nitrogens is 2. The molecule has 3 aromatic rings. The van der Waals surface area contributed by atoms with Crippen LogP contribution in [0.3, 0.4) is 0 Å². The molecule has 0 aliphatic carbocycles. The van der Waals surface area contributed by atoms with E-state index in [0.717, 1.165) is 22.0 Å². The second kappa shape index (κ2) is 3.87. The average molecular weight is 221 g/mol. The first kappa shape index (κ1) is 9.78. The van der Waals surface area contributed by atoms with Crippen molar-refractivity contribution in [1.29, 1.82) is 0 Å². The van der Waals surface area contributed by atoms with Gasteiger partial charge in [0, 0.05) is 23.3 Å². The zero-order chi connectivity index (χ0) is 11.7. The van der Waals surface area contributed by atoms with Gasteiger partial charge in [-0.05, 0) is 29.8 Å². The minimum Gasteiger partial charge on any atom is -0.384 e. The number of nitrogen functional groups attached to an aromatic ring is 1. The van der Waals surface area contributed by atoms with Crippen molar-refractivity contribution >= 4 is 16.7 Å². The van der Waals surface area contributed by atoms with Crippen LogP contribution in [0.15, 0.2) is 54.9 Å². The molecule has 0 aliphatic heterocycles. The Bertz CT molecular complexity index is 660. The molecule has 1 aromatic carbocycles. The third-order valence-corrected chi connectivity index (χ3v) is 2.73. The van der Waals surface area contributed by atoms with Crippen LogP contribution in [0.2, 0.25) is 0 Å². The molecular formula is C14H11N3. The van der Waals surface area contributed by atoms with Gasteiger partial charge in [-0.15, -0.1) is 0 Å². The highest BCUT2D eigenvalue weighted by Gasteiger charge is 2.00. The summed E-state index contributed by atoms with van der Waals surface area (Å²) in [5.74, 6) is 0.535. The molecule has 3 nitrogen and oxygen atoms in total. The van der Waals surface area contributed by atoms with E-state index >= 15 is 0 Å². The molecular weight excluding hydrogens is 210 g/mol. The summed E-state index contributed by atoms with van der Waals surface area (Å²) in [5.41, 5.74) is 8.71. The van der Waals surface area contributed by atoms with Crippen molar-refractivity contribution in [2.24, 2.45) is 0 Å². The summed E-state index contributed by atoms with van der Waals surface area (Å²) in [5, 5.41) is 1.14. The monoisotopic (exact) mass is 221 g/mol. The van der Waals surface area contributed by atoms with Crippen LogP contribution < -0.4 is 5.73 Å². The van der Waals surface area contributed by atoms with Crippen LogP contribution in [0.4, 0.5) is 5.82 Å². The van der Waals surface area contributed by atoms with E-state index in [2.05, 4.69) is 28.2 Å². The van der Waals surface area contributed by atoms with Crippen LogP contribution >= 0.6 is 0 Å². The Hall–Kier alpha value is -2.42. The molecule has 0 saturated carbocycles. The SMILES string of the molecule is Nc1ccc(-c2ccc3cccnc3c2)cn1. The molecule has 0 saturated heterocycles. The topological polar surface area (TPSA) is 51.8 Å². The van der Waals surface area contributed by atoms with E-state index in [0.29, 0.717) is 5.82 Å². The number of nitrogens with zero attached hydrogens (tertiary/aromatic N) is 2. The second-order valence-electron chi connectivity index (χ2n) is 3.88. The molecule has 2 aromatic heterocycles. The van der Waals surface area contributed by atoms with Crippen LogP contribution in [0.5, 0.6) is 0 Å². The van der Waals surface area contributed by atoms with Crippen molar-refractivity contribution < 1.29 is 0 Å². The zero-order valence-electron chi connectivity index (χ0n) is 9.17. The molecule has 0 bridgehead atoms. The van der Waals surface area contributed by atoms with Crippen LogP contribution in [-0.4, -0.2) is 9.97 Å². The third kappa shape index (κ3) is 1.83. The molecule has 0 radical (unpaired) electrons. The molecule has 0 spiro atoms. The summed E-state index contributed by atoms with van der Waals surface area (Å²) in [6.45, 7) is 0. The van der Waals surface area contributed by atoms with E-state index in [4.69, 9.17) is 5.73 Å². The molecule has 82 valence electrons. The Morgan fingerprint density at radius 3 is 2.59 bits per heavy atom. The molecule has 0 fully saturated rings. The van der Waals surface area contributed by atoms with Crippen molar-refractivity contribution in [3.05, 3.63) is 54.9 Å². The van der Waals surface area contributed by atoms with E-state index < -0.39 is 0 Å². The van der Waals surface area contributed by atoms with Gasteiger partial charge in [-0.1, -0.05) is 18.2 Å². The van der Waals surface area contributed by atoms with E-state index in [1.165, 1.54) is 0 Å². The fourth-order valence-corrected chi connectivity index (χ4v) is 1.82. The number of hydrogen-bond acceptors (Lipinski definition) is 3. The zero-order valence-corrected chi connectivity index (χ0v) is 9.17. The average Bonchev–Trinajstić information content (AvgIpc) is 2.39. The van der Waals surface area contributed by atoms with E-state index in [9.17, 15) is 0 Å². The summed E-state index contributed by atoms with van der Waals surface area (Å²) < 4.78 is 0. The second-order valence-corrected chi connectivity index (χ2v) is 3.88. The van der Waals surface area contributed by atoms with Gasteiger partial charge in [-0.3, -0.25) is 4.98 Å². The maximum Gasteiger partial charge on any atom is 0.123 e. The first-order chi connectivity index (χ1) is 8.33. The van der Waals surface area contributed by atoms with Crippen molar-refractivity contribution in [3.63, 3.8) is 0 Å². The van der Waals surface area contributed by atoms with Crippen molar-refractivity contribution in [1.82, 2.24) is 9.97 Å². The van der Waals surface area contributed by atoms with Crippen LogP contribution in [-0.2, 0) is 0 Å². The maximum absolute atomic E-state index is 5.57. The molecule has 3 rings (SSSR count). The molecule has 3 heteroatoms. The molecule has 2 heterocycles. The lowest BCUT2D eigenvalue weighted by atomic mass is 10.1. The minimum absolute atomic E-state index is 0.535. The fraction of sp³-hybridized carbons (Fsp3) is 0. The predicted molar refractivity (Wildman–Crippen MR) is 69.4 cm³/mol. The first-order valence-corrected chi connectivity index (χ1v) is 5.40. The number of pyridine rings is 2. The van der Waals surface area contributed by atoms with Gasteiger partial charge in [-0.2, -0.15) is 0 Å². The summed E-state index contributed by atoms with van der Waals surface area (Å²) in [7, 11) is 0. The van der Waals surface area contributed by atoms with Crippen molar-refractivity contribution in [2.75, 3.05) is 5.73 Å². The Morgan fingerprint density at radius 1 is 0.882 bits per heavy atom. The van der Waals surface area contributed by atoms with Gasteiger partial charge >= 0.3 is 0 Å². The summed E-state index contributed by atoms with van der Waals surface area (Å²) in [6.07, 6.45) is 3.58. The van der Waals surface area contributed by atoms with E-state index in [-0.39, 0.29) is 0 Å². The summed E-state index contributed by atoms with van der Waals surface area (Å²) in [4.78, 5) is 8.43. The molecule has 17 heavy (non-hydrogen) atoms. The number of fused-ring (bicyclic) bond motifs is 1. The smallest absolute Gasteiger partial charge is 0.123 e. The van der Waals surface area contributed by atoms with Crippen molar-refractivity contribution in [2.45, 2.75) is 0 Å². The van der Waals surface area contributed by atoms with Crippen LogP contribution in [0.1, 0.15) is 0 Å². The molecule has 0 amide bonds. The first-order valence-electron chi connectivity index (χ1n) is 5.40. The van der Waals surface area contributed by atoms with Gasteiger partial charge in [0.2, 0.25) is 0 Å². The van der Waals surface area contributed by atoms with Gasteiger partial charge in [0.05, 0.1) is 5.52 Å². The Labute approximate surface area is 98.9 Å². The van der Waals surface area contributed by atoms with Crippen LogP contribution in [0.25, 0.3) is 22.0 Å². The number of hydrogen-bond donors (Lipinski definition) is 1. The van der Waals surface area contributed by atoms with Gasteiger partial charge in [0.1, 0.15) is 5.82 Å². The van der Waals surface area contributed by atoms with Gasteiger partial charge in [0.25, 0.3) is 0 Å². The highest BCUT2D eigenvalue weighted by Crippen LogP contribution is 2.22. The largest absolute Gasteiger partial charge is 0.384 e. The highest BCUT2D eigenvalue weighted by atomic mass is 14.8. The lowest BCUT2D eigenvalue weighted by Gasteiger charge is -2.03. The molecule has 0 aliphatic rings. The van der Waals surface area contributed by atoms with Gasteiger partial charge in [-0.25, -0.2) is 4.98 Å². The number of anilines is 1. The van der Waals surface area contributed by atoms with Crippen molar-refractivity contribution in [3.8, 4) is 11.1 Å². The predicted octanol–water partition coefficient (Wildman–Crippen LogP) is 2.88. The van der Waals surface area contributed by atoms with Gasteiger partial charge in [0.15, 0.2) is 0 Å². The van der Waals surface area contributed by atoms with E-state index in [1.54, 1.807) is 18.5 Å². The Morgan fingerprint density at radius 2 is 1.76 bits per heavy atom. The lowest BCUT2D eigenvalue weighted by Crippen LogP contribution is -1.89. The number of nitrogens with two attached hydrogens (primary N) is 1. The lowest BCUT2D eigenvalue weighted by molar-refractivity contribution is 1.33. The standard InChI is InChI=1S/C14H11N3/c15-14-6-5-12(9-17-14)11-4-3-10-2-1-7-16-13(10)8-11/h1-9H,(H2,15,17). The highest BCUT2D eigenvalue weighted by molar-refractivity contribution is 5.83. The van der Waals surface area contributed by atoms with E-state index in [1.807, 2.05) is 18.2 Å². The molecule has 2 N–H and O–H groups in total. The normalized spacial score (nSPS) is 10.6.